The summed E-state index contributed by atoms with van der Waals surface area (Å²) in [6.45, 7) is 2.38. The Morgan fingerprint density at radius 3 is 2.25 bits per heavy atom. The Labute approximate surface area is 123 Å². The van der Waals surface area contributed by atoms with Gasteiger partial charge >= 0.3 is 0 Å². The van der Waals surface area contributed by atoms with Gasteiger partial charge in [0.2, 0.25) is 0 Å². The Kier molecular flexibility index (Phi) is 4.83. The molecule has 5 heteroatoms. The van der Waals surface area contributed by atoms with Gasteiger partial charge in [-0.25, -0.2) is 13.2 Å². The van der Waals surface area contributed by atoms with Crippen molar-refractivity contribution in [1.29, 1.82) is 0 Å². The largest absolute Gasteiger partial charge is 0.306 e. The molecule has 0 saturated carbocycles. The highest BCUT2D eigenvalue weighted by molar-refractivity contribution is 9.10. The lowest BCUT2D eigenvalue weighted by Gasteiger charge is -2.21. The van der Waals surface area contributed by atoms with E-state index in [-0.39, 0.29) is 10.0 Å². The molecule has 0 aromatic heterocycles. The highest BCUT2D eigenvalue weighted by atomic mass is 79.9. The van der Waals surface area contributed by atoms with E-state index in [1.54, 1.807) is 6.07 Å². The molecular weight excluding hydrogens is 331 g/mol. The third-order valence-electron chi connectivity index (χ3n) is 2.99. The van der Waals surface area contributed by atoms with Crippen LogP contribution < -0.4 is 5.32 Å². The minimum Gasteiger partial charge on any atom is -0.306 e. The Hall–Kier alpha value is -1.33. The van der Waals surface area contributed by atoms with Crippen molar-refractivity contribution in [3.05, 3.63) is 69.4 Å². The molecule has 1 nitrogen and oxygen atoms in total. The minimum absolute atomic E-state index is 0.151. The van der Waals surface area contributed by atoms with Crippen LogP contribution in [-0.2, 0) is 0 Å². The zero-order valence-electron chi connectivity index (χ0n) is 10.8. The van der Waals surface area contributed by atoms with Crippen LogP contribution >= 0.6 is 15.9 Å². The number of halogens is 4. The second-order valence-electron chi connectivity index (χ2n) is 4.28. The van der Waals surface area contributed by atoms with Gasteiger partial charge < -0.3 is 5.32 Å². The molecule has 0 amide bonds. The van der Waals surface area contributed by atoms with Crippen LogP contribution in [0.5, 0.6) is 0 Å². The van der Waals surface area contributed by atoms with Gasteiger partial charge in [-0.05, 0) is 40.2 Å². The van der Waals surface area contributed by atoms with Gasteiger partial charge in [-0.15, -0.1) is 0 Å². The van der Waals surface area contributed by atoms with Crippen molar-refractivity contribution in [2.45, 2.75) is 13.0 Å². The van der Waals surface area contributed by atoms with Crippen LogP contribution in [0.4, 0.5) is 13.2 Å². The molecule has 0 saturated heterocycles. The molecule has 0 heterocycles. The van der Waals surface area contributed by atoms with Gasteiger partial charge in [0.25, 0.3) is 0 Å². The third kappa shape index (κ3) is 2.88. The average Bonchev–Trinajstić information content (AvgIpc) is 2.43. The van der Waals surface area contributed by atoms with E-state index in [2.05, 4.69) is 21.2 Å². The molecule has 0 aliphatic heterocycles. The van der Waals surface area contributed by atoms with Crippen LogP contribution in [0.2, 0.25) is 0 Å². The van der Waals surface area contributed by atoms with Crippen molar-refractivity contribution >= 4 is 15.9 Å². The number of rotatable bonds is 4. The van der Waals surface area contributed by atoms with E-state index in [0.29, 0.717) is 12.1 Å². The van der Waals surface area contributed by atoms with Crippen LogP contribution in [-0.4, -0.2) is 6.54 Å². The zero-order chi connectivity index (χ0) is 14.7. The first-order valence-electron chi connectivity index (χ1n) is 6.17. The summed E-state index contributed by atoms with van der Waals surface area (Å²) in [4.78, 5) is 0. The van der Waals surface area contributed by atoms with Gasteiger partial charge in [0, 0.05) is 5.56 Å². The van der Waals surface area contributed by atoms with Gasteiger partial charge in [0.15, 0.2) is 11.6 Å². The summed E-state index contributed by atoms with van der Waals surface area (Å²) in [6.07, 6.45) is 0. The summed E-state index contributed by atoms with van der Waals surface area (Å²) in [6, 6.07) is 7.87. The van der Waals surface area contributed by atoms with Crippen LogP contribution in [0, 0.1) is 17.5 Å². The van der Waals surface area contributed by atoms with E-state index in [9.17, 15) is 13.2 Å². The number of hydrogen-bond donors (Lipinski definition) is 1. The number of nitrogens with one attached hydrogen (secondary N) is 1. The highest BCUT2D eigenvalue weighted by Crippen LogP contribution is 2.32. The predicted molar refractivity (Wildman–Crippen MR) is 76.0 cm³/mol. The number of hydrogen-bond acceptors (Lipinski definition) is 1. The Morgan fingerprint density at radius 2 is 1.60 bits per heavy atom. The Bertz CT molecular complexity index is 565. The molecule has 0 radical (unpaired) electrons. The maximum atomic E-state index is 14.0. The Balaban J connectivity index is 2.56. The molecule has 1 atom stereocenters. The SMILES string of the molecule is CCNC(c1cccc(F)c1F)c1cccc(F)c1Br. The van der Waals surface area contributed by atoms with Gasteiger partial charge in [-0.2, -0.15) is 0 Å². The highest BCUT2D eigenvalue weighted by Gasteiger charge is 2.22. The lowest BCUT2D eigenvalue weighted by molar-refractivity contribution is 0.482. The average molecular weight is 344 g/mol. The molecule has 2 rings (SSSR count). The lowest BCUT2D eigenvalue weighted by Crippen LogP contribution is -2.24. The summed E-state index contributed by atoms with van der Waals surface area (Å²) in [7, 11) is 0. The first-order chi connectivity index (χ1) is 9.56. The van der Waals surface area contributed by atoms with Gasteiger partial charge in [0.05, 0.1) is 10.5 Å². The maximum Gasteiger partial charge on any atom is 0.163 e. The molecule has 0 fully saturated rings. The zero-order valence-corrected chi connectivity index (χ0v) is 12.3. The van der Waals surface area contributed by atoms with E-state index < -0.39 is 23.5 Å². The Morgan fingerprint density at radius 1 is 1.00 bits per heavy atom. The van der Waals surface area contributed by atoms with Crippen LogP contribution in [0.1, 0.15) is 24.1 Å². The number of benzene rings is 2. The van der Waals surface area contributed by atoms with Crippen LogP contribution in [0.15, 0.2) is 40.9 Å². The molecule has 0 aliphatic carbocycles. The molecule has 2 aromatic rings. The maximum absolute atomic E-state index is 14.0. The molecule has 0 bridgehead atoms. The summed E-state index contributed by atoms with van der Waals surface area (Å²) in [5.74, 6) is -2.28. The van der Waals surface area contributed by atoms with E-state index in [1.165, 1.54) is 24.3 Å². The normalized spacial score (nSPS) is 12.4. The molecule has 2 aromatic carbocycles. The fraction of sp³-hybridized carbons (Fsp3) is 0.200. The molecule has 20 heavy (non-hydrogen) atoms. The quantitative estimate of drug-likeness (QED) is 0.857. The summed E-state index contributed by atoms with van der Waals surface area (Å²) in [5, 5.41) is 3.05. The van der Waals surface area contributed by atoms with Gasteiger partial charge in [-0.3, -0.25) is 0 Å². The molecular formula is C15H13BrF3N. The predicted octanol–water partition coefficient (Wildman–Crippen LogP) is 4.57. The third-order valence-corrected chi connectivity index (χ3v) is 3.83. The molecule has 0 aliphatic rings. The second kappa shape index (κ2) is 6.41. The monoisotopic (exact) mass is 343 g/mol. The van der Waals surface area contributed by atoms with Crippen molar-refractivity contribution in [1.82, 2.24) is 5.32 Å². The van der Waals surface area contributed by atoms with Crippen LogP contribution in [0.3, 0.4) is 0 Å². The van der Waals surface area contributed by atoms with E-state index in [4.69, 9.17) is 0 Å². The lowest BCUT2D eigenvalue weighted by atomic mass is 9.98. The van der Waals surface area contributed by atoms with Crippen molar-refractivity contribution in [2.75, 3.05) is 6.54 Å². The smallest absolute Gasteiger partial charge is 0.163 e. The van der Waals surface area contributed by atoms with Crippen LogP contribution in [0.25, 0.3) is 0 Å². The standard InChI is InChI=1S/C15H13BrF3N/c1-2-20-15(9-5-3-7-11(17)13(9)16)10-6-4-8-12(18)14(10)19/h3-8,15,20H,2H2,1H3. The summed E-state index contributed by atoms with van der Waals surface area (Å²) in [5.41, 5.74) is 0.675. The first-order valence-corrected chi connectivity index (χ1v) is 6.96. The minimum atomic E-state index is -0.922. The fourth-order valence-electron chi connectivity index (χ4n) is 2.08. The second-order valence-corrected chi connectivity index (χ2v) is 5.07. The van der Waals surface area contributed by atoms with Gasteiger partial charge in [0.1, 0.15) is 5.82 Å². The molecule has 1 unspecified atom stereocenters. The van der Waals surface area contributed by atoms with Crippen molar-refractivity contribution < 1.29 is 13.2 Å². The fourth-order valence-corrected chi connectivity index (χ4v) is 2.57. The summed E-state index contributed by atoms with van der Waals surface area (Å²) < 4.78 is 41.2. The summed E-state index contributed by atoms with van der Waals surface area (Å²) >= 11 is 3.16. The van der Waals surface area contributed by atoms with Crippen molar-refractivity contribution in [3.63, 3.8) is 0 Å². The molecule has 1 N–H and O–H groups in total. The van der Waals surface area contributed by atoms with E-state index >= 15 is 0 Å². The first kappa shape index (κ1) is 15.1. The van der Waals surface area contributed by atoms with Crippen molar-refractivity contribution in [3.8, 4) is 0 Å². The van der Waals surface area contributed by atoms with Crippen molar-refractivity contribution in [2.24, 2.45) is 0 Å². The van der Waals surface area contributed by atoms with E-state index in [1.807, 2.05) is 6.92 Å². The van der Waals surface area contributed by atoms with Gasteiger partial charge in [-0.1, -0.05) is 31.2 Å². The topological polar surface area (TPSA) is 12.0 Å². The van der Waals surface area contributed by atoms with E-state index in [0.717, 1.165) is 6.07 Å². The molecule has 0 spiro atoms. The molecule has 106 valence electrons.